The fourth-order valence-electron chi connectivity index (χ4n) is 4.49. The van der Waals surface area contributed by atoms with Crippen molar-refractivity contribution in [3.63, 3.8) is 0 Å². The zero-order valence-electron chi connectivity index (χ0n) is 36.5. The van der Waals surface area contributed by atoms with E-state index >= 15 is 0 Å². The van der Waals surface area contributed by atoms with Crippen LogP contribution in [0, 0.1) is 12.3 Å². The number of aryl methyl sites for hydroxylation is 1. The topological polar surface area (TPSA) is 211 Å². The highest BCUT2D eigenvalue weighted by Gasteiger charge is 2.34. The predicted molar refractivity (Wildman–Crippen MR) is 236 cm³/mol. The van der Waals surface area contributed by atoms with Crippen molar-refractivity contribution in [1.82, 2.24) is 21.3 Å². The number of rotatable bonds is 23. The Labute approximate surface area is 353 Å². The predicted octanol–water partition coefficient (Wildman–Crippen LogP) is 9.15. The van der Waals surface area contributed by atoms with Crippen LogP contribution in [0.4, 0.5) is 30.6 Å². The number of anilines is 2. The number of allylic oxidation sites excluding steroid dienone is 8. The number of nitrogens with zero attached hydrogens (tertiary/aromatic N) is 2. The maximum absolute atomic E-state index is 13.3. The minimum atomic E-state index is -1.08. The maximum Gasteiger partial charge on any atom is 0.437 e. The molecule has 0 aromatic heterocycles. The molecule has 0 heterocycles. The molecule has 1 unspecified atom stereocenters. The van der Waals surface area contributed by atoms with Gasteiger partial charge in [0.1, 0.15) is 19.8 Å². The summed E-state index contributed by atoms with van der Waals surface area (Å²) in [6.07, 6.45) is 9.56. The summed E-state index contributed by atoms with van der Waals surface area (Å²) in [4.78, 5) is 60.6. The van der Waals surface area contributed by atoms with Crippen molar-refractivity contribution in [2.24, 2.45) is 15.7 Å². The third kappa shape index (κ3) is 21.1. The lowest BCUT2D eigenvalue weighted by molar-refractivity contribution is -0.0208. The van der Waals surface area contributed by atoms with Gasteiger partial charge in [-0.15, -0.1) is 0 Å². The van der Waals surface area contributed by atoms with Gasteiger partial charge in [-0.2, -0.15) is 0 Å². The molecule has 0 saturated heterocycles. The highest BCUT2D eigenvalue weighted by Crippen LogP contribution is 2.26. The van der Waals surface area contributed by atoms with Crippen LogP contribution in [0.25, 0.3) is 0 Å². The zero-order valence-corrected chi connectivity index (χ0v) is 36.5. The fourth-order valence-corrected chi connectivity index (χ4v) is 4.49. The molecule has 328 valence electrons. The lowest BCUT2D eigenvalue weighted by Gasteiger charge is -2.32. The Balaban J connectivity index is 3.26. The molecule has 0 fully saturated rings. The van der Waals surface area contributed by atoms with E-state index in [1.807, 2.05) is 33.8 Å². The second kappa shape index (κ2) is 27.8. The standard InChI is InChI=1S/C43H62N8O9/c1-13-19-35(23-32(10)45-41(54)59-50-30(8)15-3)46-33(11)56-26-43(18-6,28-58-40(53)49-38-22-29(7)21-37(25-38)44-12)27-57-39(52)48-36(20-14-2)24-34(17-5)47-42(55)60-51-31(9)16-4/h13-14,17,19-25,44,46H,1,11,15-16,18,26-28H2,2-10,12H3,(H,45,54)(H,47,55)(H,48,52)(H,49,53)/b20-14-,32-23+,34-17+,35-19+,36-24+,50-30-,51-31-. The van der Waals surface area contributed by atoms with E-state index in [0.717, 1.165) is 11.3 Å². The molecule has 0 bridgehead atoms. The second-order valence-electron chi connectivity index (χ2n) is 13.3. The van der Waals surface area contributed by atoms with Gasteiger partial charge in [0.05, 0.1) is 16.8 Å². The van der Waals surface area contributed by atoms with Crippen molar-refractivity contribution in [1.29, 1.82) is 0 Å². The number of hydrogen-bond donors (Lipinski definition) is 6. The van der Waals surface area contributed by atoms with Gasteiger partial charge in [-0.1, -0.05) is 55.9 Å². The summed E-state index contributed by atoms with van der Waals surface area (Å²) in [5.74, 6) is 0.0859. The number of alkyl carbamates (subject to hydrolysis) is 1. The molecule has 17 heteroatoms. The minimum absolute atomic E-state index is 0.0859. The molecule has 0 radical (unpaired) electrons. The Bertz CT molecular complexity index is 1880. The number of carbonyl (C=O) groups is 4. The zero-order chi connectivity index (χ0) is 45.1. The Morgan fingerprint density at radius 2 is 1.30 bits per heavy atom. The first-order valence-corrected chi connectivity index (χ1v) is 19.3. The van der Waals surface area contributed by atoms with Crippen LogP contribution >= 0.6 is 0 Å². The summed E-state index contributed by atoms with van der Waals surface area (Å²) >= 11 is 0. The van der Waals surface area contributed by atoms with E-state index in [2.05, 4.69) is 55.4 Å². The van der Waals surface area contributed by atoms with Gasteiger partial charge < -0.3 is 24.8 Å². The molecular weight excluding hydrogens is 773 g/mol. The van der Waals surface area contributed by atoms with Crippen LogP contribution in [0.5, 0.6) is 0 Å². The molecule has 1 atom stereocenters. The monoisotopic (exact) mass is 834 g/mol. The van der Waals surface area contributed by atoms with Crippen molar-refractivity contribution in [3.05, 3.63) is 108 Å². The third-order valence-corrected chi connectivity index (χ3v) is 8.24. The lowest BCUT2D eigenvalue weighted by Crippen LogP contribution is -2.40. The number of ether oxygens (including phenoxy) is 3. The van der Waals surface area contributed by atoms with Crippen molar-refractivity contribution in [2.45, 2.75) is 81.6 Å². The highest BCUT2D eigenvalue weighted by atomic mass is 16.7. The van der Waals surface area contributed by atoms with Crippen LogP contribution in [0.15, 0.2) is 113 Å². The van der Waals surface area contributed by atoms with Crippen LogP contribution in [0.1, 0.15) is 80.2 Å². The van der Waals surface area contributed by atoms with Crippen molar-refractivity contribution >= 4 is 47.2 Å². The van der Waals surface area contributed by atoms with Gasteiger partial charge in [-0.3, -0.25) is 30.9 Å². The summed E-state index contributed by atoms with van der Waals surface area (Å²) in [5, 5.41) is 24.1. The van der Waals surface area contributed by atoms with Gasteiger partial charge in [-0.05, 0) is 115 Å². The largest absolute Gasteiger partial charge is 0.479 e. The third-order valence-electron chi connectivity index (χ3n) is 8.24. The normalized spacial score (nSPS) is 13.6. The Morgan fingerprint density at radius 1 is 0.733 bits per heavy atom. The minimum Gasteiger partial charge on any atom is -0.479 e. The molecule has 1 rings (SSSR count). The molecule has 0 aliphatic rings. The molecule has 0 saturated carbocycles. The van der Waals surface area contributed by atoms with Crippen LogP contribution in [-0.4, -0.2) is 62.7 Å². The van der Waals surface area contributed by atoms with E-state index in [-0.39, 0.29) is 31.4 Å². The first-order chi connectivity index (χ1) is 28.5. The first-order valence-electron chi connectivity index (χ1n) is 19.3. The van der Waals surface area contributed by atoms with Crippen LogP contribution < -0.4 is 31.9 Å². The summed E-state index contributed by atoms with van der Waals surface area (Å²) in [7, 11) is 1.77. The Kier molecular flexibility index (Phi) is 23.7. The maximum atomic E-state index is 13.3. The van der Waals surface area contributed by atoms with Crippen LogP contribution in [-0.2, 0) is 23.9 Å². The van der Waals surface area contributed by atoms with E-state index in [9.17, 15) is 19.2 Å². The molecule has 0 spiro atoms. The van der Waals surface area contributed by atoms with Gasteiger partial charge in [-0.25, -0.2) is 19.2 Å². The van der Waals surface area contributed by atoms with E-state index in [1.54, 1.807) is 84.2 Å². The van der Waals surface area contributed by atoms with E-state index < -0.39 is 29.8 Å². The second-order valence-corrected chi connectivity index (χ2v) is 13.3. The number of nitrogens with one attached hydrogen (secondary N) is 6. The van der Waals surface area contributed by atoms with Crippen molar-refractivity contribution in [3.8, 4) is 0 Å². The number of benzene rings is 1. The van der Waals surface area contributed by atoms with E-state index in [0.29, 0.717) is 53.5 Å². The number of carbonyl (C=O) groups excluding carboxylic acids is 4. The van der Waals surface area contributed by atoms with E-state index in [1.165, 1.54) is 12.2 Å². The molecule has 1 aromatic carbocycles. The summed E-state index contributed by atoms with van der Waals surface area (Å²) in [5.41, 5.74) is 3.90. The number of hydrogen-bond acceptors (Lipinski definition) is 13. The molecule has 17 nitrogen and oxygen atoms in total. The van der Waals surface area contributed by atoms with Gasteiger partial charge in [0.15, 0.2) is 5.88 Å². The van der Waals surface area contributed by atoms with Crippen molar-refractivity contribution in [2.75, 3.05) is 37.5 Å². The average Bonchev–Trinajstić information content (AvgIpc) is 3.21. The quantitative estimate of drug-likeness (QED) is 0.0201. The summed E-state index contributed by atoms with van der Waals surface area (Å²) in [6.45, 7) is 23.1. The Morgan fingerprint density at radius 3 is 1.85 bits per heavy atom. The molecule has 0 aliphatic heterocycles. The first kappa shape index (κ1) is 51.2. The molecule has 6 N–H and O–H groups in total. The van der Waals surface area contributed by atoms with Crippen LogP contribution in [0.2, 0.25) is 0 Å². The van der Waals surface area contributed by atoms with Crippen molar-refractivity contribution < 1.29 is 43.1 Å². The smallest absolute Gasteiger partial charge is 0.437 e. The SMILES string of the molecule is C=C/C=C(\C=C(/C)NC(=O)O/N=C(/C)CC)NC(=C)OCC(CC)(COC(=O)NC(/C=C\C)=C/C(=C\C)NC(=O)O/N=C(/C)CC)COC(=O)Nc1cc(C)cc(NC)c1. The molecule has 1 aromatic rings. The van der Waals surface area contributed by atoms with Crippen LogP contribution in [0.3, 0.4) is 0 Å². The average molecular weight is 835 g/mol. The van der Waals surface area contributed by atoms with E-state index in [4.69, 9.17) is 23.9 Å². The summed E-state index contributed by atoms with van der Waals surface area (Å²) < 4.78 is 17.5. The fraction of sp³-hybridized carbons (Fsp3) is 0.395. The van der Waals surface area contributed by atoms with Gasteiger partial charge in [0, 0.05) is 41.2 Å². The molecule has 60 heavy (non-hydrogen) atoms. The highest BCUT2D eigenvalue weighted by molar-refractivity contribution is 5.86. The number of amides is 4. The molecular formula is C43H62N8O9. The van der Waals surface area contributed by atoms with Gasteiger partial charge >= 0.3 is 24.4 Å². The summed E-state index contributed by atoms with van der Waals surface area (Å²) in [6, 6.07) is 5.47. The lowest BCUT2D eigenvalue weighted by atomic mass is 9.88. The van der Waals surface area contributed by atoms with Gasteiger partial charge in [0.2, 0.25) is 0 Å². The molecule has 0 aliphatic carbocycles. The number of oxime groups is 2. The molecule has 4 amide bonds. The Hall–Kier alpha value is -6.78. The van der Waals surface area contributed by atoms with Gasteiger partial charge in [0.25, 0.3) is 0 Å².